The van der Waals surface area contributed by atoms with E-state index in [1.54, 1.807) is 5.38 Å². The monoisotopic (exact) mass is 274 g/mol. The van der Waals surface area contributed by atoms with Crippen molar-refractivity contribution in [2.24, 2.45) is 0 Å². The van der Waals surface area contributed by atoms with E-state index >= 15 is 0 Å². The molecule has 1 atom stereocenters. The number of nitrogens with one attached hydrogen (secondary N) is 2. The highest BCUT2D eigenvalue weighted by Gasteiger charge is 2.16. The summed E-state index contributed by atoms with van der Waals surface area (Å²) < 4.78 is 4.80. The first-order chi connectivity index (χ1) is 8.58. The van der Waals surface area contributed by atoms with Gasteiger partial charge in [0.15, 0.2) is 0 Å². The number of amides is 2. The first kappa shape index (κ1) is 14.4. The molecule has 8 heteroatoms. The number of anilines is 1. The van der Waals surface area contributed by atoms with Gasteiger partial charge in [-0.05, 0) is 11.4 Å². The van der Waals surface area contributed by atoms with E-state index in [0.29, 0.717) is 0 Å². The molecule has 0 bridgehead atoms. The van der Waals surface area contributed by atoms with Crippen molar-refractivity contribution < 1.29 is 24.5 Å². The van der Waals surface area contributed by atoms with Crippen molar-refractivity contribution in [3.05, 3.63) is 17.0 Å². The Hall–Kier alpha value is -1.64. The van der Waals surface area contributed by atoms with Gasteiger partial charge in [-0.3, -0.25) is 5.32 Å². The molecule has 7 nitrogen and oxygen atoms in total. The van der Waals surface area contributed by atoms with Gasteiger partial charge < -0.3 is 20.3 Å². The molecule has 0 aliphatic heterocycles. The van der Waals surface area contributed by atoms with E-state index in [0.717, 1.165) is 11.3 Å². The Balaban J connectivity index is 2.58. The molecule has 1 rings (SSSR count). The Morgan fingerprint density at radius 3 is 2.83 bits per heavy atom. The van der Waals surface area contributed by atoms with Gasteiger partial charge in [-0.1, -0.05) is 0 Å². The van der Waals surface area contributed by atoms with Gasteiger partial charge >= 0.3 is 12.0 Å². The summed E-state index contributed by atoms with van der Waals surface area (Å²) >= 11 is 1.11. The van der Waals surface area contributed by atoms with Crippen LogP contribution in [-0.2, 0) is 4.74 Å². The zero-order valence-corrected chi connectivity index (χ0v) is 10.5. The third-order valence-electron chi connectivity index (χ3n) is 2.05. The maximum atomic E-state index is 11.6. The van der Waals surface area contributed by atoms with Gasteiger partial charge in [0.2, 0.25) is 0 Å². The smallest absolute Gasteiger partial charge is 0.338 e. The van der Waals surface area contributed by atoms with Crippen molar-refractivity contribution in [1.29, 1.82) is 0 Å². The summed E-state index contributed by atoms with van der Waals surface area (Å²) in [5.41, 5.74) is 0.0300. The highest BCUT2D eigenvalue weighted by Crippen LogP contribution is 2.22. The summed E-state index contributed by atoms with van der Waals surface area (Å²) in [6.45, 7) is -0.0996. The fourth-order valence-corrected chi connectivity index (χ4v) is 2.01. The molecule has 0 aliphatic carbocycles. The Kier molecular flexibility index (Phi) is 5.56. The van der Waals surface area contributed by atoms with Gasteiger partial charge in [0.1, 0.15) is 5.00 Å². The van der Waals surface area contributed by atoms with Crippen LogP contribution in [0.15, 0.2) is 11.4 Å². The van der Waals surface area contributed by atoms with E-state index < -0.39 is 18.0 Å². The molecule has 0 fully saturated rings. The minimum absolute atomic E-state index is 0.0300. The van der Waals surface area contributed by atoms with E-state index in [9.17, 15) is 9.59 Å². The first-order valence-electron chi connectivity index (χ1n) is 5.06. The molecule has 0 radical (unpaired) electrons. The van der Waals surface area contributed by atoms with Gasteiger partial charge in [-0.25, -0.2) is 9.59 Å². The van der Waals surface area contributed by atoms with Crippen LogP contribution in [0.5, 0.6) is 0 Å². The molecule has 18 heavy (non-hydrogen) atoms. The van der Waals surface area contributed by atoms with Crippen LogP contribution in [0.4, 0.5) is 9.80 Å². The predicted octanol–water partition coefficient (Wildman–Crippen LogP) is 0.575. The second-order valence-corrected chi connectivity index (χ2v) is 4.32. The number of rotatable bonds is 6. The Bertz CT molecular complexity index is 420. The van der Waals surface area contributed by atoms with Crippen molar-refractivity contribution in [3.8, 4) is 0 Å². The average Bonchev–Trinajstić information content (AvgIpc) is 2.76. The minimum atomic E-state index is -1.11. The lowest BCUT2D eigenvalue weighted by molar-refractivity contribution is 0.0698. The summed E-state index contributed by atoms with van der Waals surface area (Å²) in [5.74, 6) is -1.11. The molecule has 0 aromatic carbocycles. The molecule has 0 saturated carbocycles. The maximum Gasteiger partial charge on any atom is 0.338 e. The number of carbonyl (C=O) groups excluding carboxylic acids is 1. The van der Waals surface area contributed by atoms with E-state index in [4.69, 9.17) is 14.9 Å². The van der Waals surface area contributed by atoms with Crippen LogP contribution in [0.25, 0.3) is 0 Å². The number of aliphatic hydroxyl groups excluding tert-OH is 1. The molecule has 1 unspecified atom stereocenters. The van der Waals surface area contributed by atoms with Crippen LogP contribution in [0.3, 0.4) is 0 Å². The van der Waals surface area contributed by atoms with Crippen LogP contribution in [-0.4, -0.2) is 48.6 Å². The van der Waals surface area contributed by atoms with Crippen LogP contribution in [0, 0.1) is 0 Å². The van der Waals surface area contributed by atoms with Crippen LogP contribution in [0.1, 0.15) is 10.4 Å². The Morgan fingerprint density at radius 1 is 1.56 bits per heavy atom. The molecule has 1 aromatic rings. The number of urea groups is 1. The number of carboxylic acids is 1. The van der Waals surface area contributed by atoms with Crippen molar-refractivity contribution in [1.82, 2.24) is 5.32 Å². The van der Waals surface area contributed by atoms with Crippen LogP contribution >= 0.6 is 11.3 Å². The zero-order valence-electron chi connectivity index (χ0n) is 9.67. The molecule has 100 valence electrons. The number of thiophene rings is 1. The number of aliphatic hydroxyl groups is 1. The summed E-state index contributed by atoms with van der Waals surface area (Å²) in [5, 5.41) is 24.5. The van der Waals surface area contributed by atoms with Gasteiger partial charge in [-0.2, -0.15) is 0 Å². The Labute approximate surface area is 107 Å². The molecule has 0 spiro atoms. The lowest BCUT2D eigenvalue weighted by atomic mass is 10.3. The number of methoxy groups -OCH3 is 1. The molecular formula is C10H14N2O5S. The number of hydrogen-bond donors (Lipinski definition) is 4. The van der Waals surface area contributed by atoms with Crippen LogP contribution < -0.4 is 10.6 Å². The van der Waals surface area contributed by atoms with Gasteiger partial charge in [0.05, 0.1) is 24.8 Å². The first-order valence-corrected chi connectivity index (χ1v) is 5.94. The SMILES string of the molecule is COCC(CO)NC(=O)Nc1sccc1C(=O)O. The number of aromatic carboxylic acids is 1. The summed E-state index contributed by atoms with van der Waals surface area (Å²) in [6.07, 6.45) is 0. The van der Waals surface area contributed by atoms with Crippen molar-refractivity contribution in [3.63, 3.8) is 0 Å². The van der Waals surface area contributed by atoms with Gasteiger partial charge in [-0.15, -0.1) is 11.3 Å². The van der Waals surface area contributed by atoms with E-state index in [1.807, 2.05) is 0 Å². The van der Waals surface area contributed by atoms with E-state index in [-0.39, 0.29) is 23.8 Å². The van der Waals surface area contributed by atoms with Crippen molar-refractivity contribution in [2.45, 2.75) is 6.04 Å². The lowest BCUT2D eigenvalue weighted by Crippen LogP contribution is -2.42. The standard InChI is InChI=1S/C10H14N2O5S/c1-17-5-6(4-13)11-10(16)12-8-7(9(14)15)2-3-18-8/h2-3,6,13H,4-5H2,1H3,(H,14,15)(H2,11,12,16). The second kappa shape index (κ2) is 6.94. The summed E-state index contributed by atoms with van der Waals surface area (Å²) in [7, 11) is 1.45. The quantitative estimate of drug-likeness (QED) is 0.606. The zero-order chi connectivity index (χ0) is 13.5. The number of ether oxygens (including phenoxy) is 1. The molecular weight excluding hydrogens is 260 g/mol. The van der Waals surface area contributed by atoms with Crippen molar-refractivity contribution in [2.75, 3.05) is 25.6 Å². The second-order valence-electron chi connectivity index (χ2n) is 3.40. The molecule has 0 saturated heterocycles. The predicted molar refractivity (Wildman–Crippen MR) is 66.2 cm³/mol. The van der Waals surface area contributed by atoms with Gasteiger partial charge in [0, 0.05) is 7.11 Å². The number of carboxylic acid groups (broad SMARTS) is 1. The fourth-order valence-electron chi connectivity index (χ4n) is 1.24. The third-order valence-corrected chi connectivity index (χ3v) is 2.88. The highest BCUT2D eigenvalue weighted by atomic mass is 32.1. The fraction of sp³-hybridized carbons (Fsp3) is 0.400. The van der Waals surface area contributed by atoms with Crippen LogP contribution in [0.2, 0.25) is 0 Å². The third kappa shape index (κ3) is 3.99. The summed E-state index contributed by atoms with van der Waals surface area (Å²) in [4.78, 5) is 22.4. The van der Waals surface area contributed by atoms with E-state index in [1.165, 1.54) is 13.2 Å². The number of carbonyl (C=O) groups is 2. The molecule has 1 heterocycles. The molecule has 2 amide bonds. The van der Waals surface area contributed by atoms with Crippen molar-refractivity contribution >= 4 is 28.3 Å². The molecule has 1 aromatic heterocycles. The lowest BCUT2D eigenvalue weighted by Gasteiger charge is -2.15. The van der Waals surface area contributed by atoms with Gasteiger partial charge in [0.25, 0.3) is 0 Å². The molecule has 4 N–H and O–H groups in total. The Morgan fingerprint density at radius 2 is 2.28 bits per heavy atom. The topological polar surface area (TPSA) is 108 Å². The van der Waals surface area contributed by atoms with E-state index in [2.05, 4.69) is 10.6 Å². The largest absolute Gasteiger partial charge is 0.478 e. The number of hydrogen-bond acceptors (Lipinski definition) is 5. The minimum Gasteiger partial charge on any atom is -0.478 e. The average molecular weight is 274 g/mol. The maximum absolute atomic E-state index is 11.6. The summed E-state index contributed by atoms with van der Waals surface area (Å²) in [6, 6.07) is 0.278. The molecule has 0 aliphatic rings. The highest BCUT2D eigenvalue weighted by molar-refractivity contribution is 7.14. The normalized spacial score (nSPS) is 11.9.